The highest BCUT2D eigenvalue weighted by molar-refractivity contribution is 7.80. The van der Waals surface area contributed by atoms with E-state index >= 15 is 0 Å². The minimum atomic E-state index is -0.343. The third kappa shape index (κ3) is 6.85. The number of thiocarbonyl (C=S) groups is 1. The van der Waals surface area contributed by atoms with Gasteiger partial charge in [0.2, 0.25) is 0 Å². The number of benzene rings is 3. The lowest BCUT2D eigenvalue weighted by Crippen LogP contribution is -2.36. The average Bonchev–Trinajstić information content (AvgIpc) is 3.27. The SMILES string of the molecule is Cc1ccc(NC(=S)N(CCc2ccccc2)Cc2cccn2Cc2ccc(F)cc2Cl)c(Cl)c1. The molecule has 0 fully saturated rings. The van der Waals surface area contributed by atoms with Gasteiger partial charge in [0.15, 0.2) is 5.11 Å². The molecule has 1 aromatic heterocycles. The molecule has 3 nitrogen and oxygen atoms in total. The summed E-state index contributed by atoms with van der Waals surface area (Å²) in [6.07, 6.45) is 2.84. The Labute approximate surface area is 221 Å². The Morgan fingerprint density at radius 3 is 2.51 bits per heavy atom. The van der Waals surface area contributed by atoms with Crippen molar-refractivity contribution in [2.24, 2.45) is 0 Å². The zero-order valence-electron chi connectivity index (χ0n) is 19.3. The largest absolute Gasteiger partial charge is 0.345 e. The molecule has 180 valence electrons. The highest BCUT2D eigenvalue weighted by Crippen LogP contribution is 2.24. The summed E-state index contributed by atoms with van der Waals surface area (Å²) in [6, 6.07) is 24.7. The minimum absolute atomic E-state index is 0.343. The Bertz CT molecular complexity index is 1310. The molecule has 0 saturated heterocycles. The summed E-state index contributed by atoms with van der Waals surface area (Å²) in [4.78, 5) is 2.14. The number of aromatic nitrogens is 1. The predicted molar refractivity (Wildman–Crippen MR) is 148 cm³/mol. The molecule has 4 aromatic rings. The predicted octanol–water partition coefficient (Wildman–Crippen LogP) is 7.73. The van der Waals surface area contributed by atoms with E-state index in [-0.39, 0.29) is 5.82 Å². The van der Waals surface area contributed by atoms with Crippen LogP contribution in [0.15, 0.2) is 85.1 Å². The van der Waals surface area contributed by atoms with Crippen molar-refractivity contribution in [2.45, 2.75) is 26.4 Å². The molecule has 0 aliphatic rings. The number of aryl methyl sites for hydroxylation is 1. The lowest BCUT2D eigenvalue weighted by Gasteiger charge is -2.27. The minimum Gasteiger partial charge on any atom is -0.345 e. The van der Waals surface area contributed by atoms with Crippen LogP contribution in [0.25, 0.3) is 0 Å². The van der Waals surface area contributed by atoms with Crippen LogP contribution >= 0.6 is 35.4 Å². The van der Waals surface area contributed by atoms with E-state index in [1.807, 2.05) is 55.6 Å². The van der Waals surface area contributed by atoms with Gasteiger partial charge in [-0.1, -0.05) is 65.7 Å². The van der Waals surface area contributed by atoms with E-state index in [0.29, 0.717) is 28.2 Å². The highest BCUT2D eigenvalue weighted by atomic mass is 35.5. The third-order valence-corrected chi connectivity index (χ3v) is 6.82. The zero-order valence-corrected chi connectivity index (χ0v) is 21.7. The van der Waals surface area contributed by atoms with Gasteiger partial charge in [-0.15, -0.1) is 0 Å². The fourth-order valence-electron chi connectivity index (χ4n) is 3.85. The van der Waals surface area contributed by atoms with Crippen molar-refractivity contribution in [2.75, 3.05) is 11.9 Å². The maximum Gasteiger partial charge on any atom is 0.173 e. The van der Waals surface area contributed by atoms with Crippen molar-refractivity contribution in [1.29, 1.82) is 0 Å². The first-order chi connectivity index (χ1) is 16.9. The number of nitrogens with one attached hydrogen (secondary N) is 1. The molecular weight excluding hydrogens is 500 g/mol. The van der Waals surface area contributed by atoms with Gasteiger partial charge in [-0.2, -0.15) is 0 Å². The van der Waals surface area contributed by atoms with E-state index in [2.05, 4.69) is 33.0 Å². The van der Waals surface area contributed by atoms with Crippen molar-refractivity contribution >= 4 is 46.2 Å². The molecule has 7 heteroatoms. The fourth-order valence-corrected chi connectivity index (χ4v) is 4.63. The number of halogens is 3. The number of hydrogen-bond donors (Lipinski definition) is 1. The smallest absolute Gasteiger partial charge is 0.173 e. The van der Waals surface area contributed by atoms with E-state index in [1.165, 1.54) is 17.7 Å². The molecule has 35 heavy (non-hydrogen) atoms. The standard InChI is InChI=1S/C28H26Cl2FN3S/c1-20-9-12-27(26(30)16-20)32-28(35)34(15-13-21-6-3-2-4-7-21)19-24-8-5-14-33(24)18-22-10-11-23(31)17-25(22)29/h2-12,14,16-17H,13,15,18-19H2,1H3,(H,32,35). The highest BCUT2D eigenvalue weighted by Gasteiger charge is 2.15. The molecule has 0 aliphatic carbocycles. The first kappa shape index (κ1) is 25.2. The summed E-state index contributed by atoms with van der Waals surface area (Å²) >= 11 is 18.6. The van der Waals surface area contributed by atoms with Crippen LogP contribution in [0.1, 0.15) is 22.4 Å². The lowest BCUT2D eigenvalue weighted by atomic mass is 10.1. The Morgan fingerprint density at radius 1 is 0.971 bits per heavy atom. The van der Waals surface area contributed by atoms with E-state index in [9.17, 15) is 4.39 Å². The summed E-state index contributed by atoms with van der Waals surface area (Å²) in [5.74, 6) is -0.343. The lowest BCUT2D eigenvalue weighted by molar-refractivity contribution is 0.409. The number of rotatable bonds is 8. The van der Waals surface area contributed by atoms with Gasteiger partial charge in [0.1, 0.15) is 5.82 Å². The van der Waals surface area contributed by atoms with E-state index in [1.54, 1.807) is 6.07 Å². The van der Waals surface area contributed by atoms with Crippen molar-refractivity contribution in [1.82, 2.24) is 9.47 Å². The molecule has 0 bridgehead atoms. The quantitative estimate of drug-likeness (QED) is 0.237. The normalized spacial score (nSPS) is 10.9. The van der Waals surface area contributed by atoms with Gasteiger partial charge in [-0.25, -0.2) is 4.39 Å². The number of anilines is 1. The first-order valence-corrected chi connectivity index (χ1v) is 12.5. The summed E-state index contributed by atoms with van der Waals surface area (Å²) < 4.78 is 15.6. The maximum absolute atomic E-state index is 13.5. The molecule has 0 atom stereocenters. The zero-order chi connectivity index (χ0) is 24.8. The van der Waals surface area contributed by atoms with Crippen molar-refractivity contribution in [3.63, 3.8) is 0 Å². The van der Waals surface area contributed by atoms with Gasteiger partial charge in [0.05, 0.1) is 17.3 Å². The van der Waals surface area contributed by atoms with Crippen LogP contribution in [0.5, 0.6) is 0 Å². The molecule has 1 heterocycles. The number of hydrogen-bond acceptors (Lipinski definition) is 1. The molecule has 1 N–H and O–H groups in total. The summed E-state index contributed by atoms with van der Waals surface area (Å²) in [5.41, 5.74) is 5.03. The van der Waals surface area contributed by atoms with E-state index in [4.69, 9.17) is 35.4 Å². The van der Waals surface area contributed by atoms with Crippen LogP contribution in [0.2, 0.25) is 10.0 Å². The van der Waals surface area contributed by atoms with E-state index in [0.717, 1.165) is 35.5 Å². The van der Waals surface area contributed by atoms with Crippen molar-refractivity contribution < 1.29 is 4.39 Å². The average molecular weight is 527 g/mol. The van der Waals surface area contributed by atoms with Gasteiger partial charge in [0, 0.05) is 30.0 Å². The first-order valence-electron chi connectivity index (χ1n) is 11.3. The second kappa shape index (κ2) is 11.7. The van der Waals surface area contributed by atoms with E-state index < -0.39 is 0 Å². The molecule has 0 unspecified atom stereocenters. The topological polar surface area (TPSA) is 20.2 Å². The molecular formula is C28H26Cl2FN3S. The molecule has 0 radical (unpaired) electrons. The Hall–Kier alpha value is -2.86. The summed E-state index contributed by atoms with van der Waals surface area (Å²) in [5, 5.41) is 4.96. The second-order valence-corrected chi connectivity index (χ2v) is 9.63. The molecule has 0 aliphatic heterocycles. The third-order valence-electron chi connectivity index (χ3n) is 5.80. The van der Waals surface area contributed by atoms with Crippen molar-refractivity contribution in [3.05, 3.63) is 123 Å². The van der Waals surface area contributed by atoms with Crippen molar-refractivity contribution in [3.8, 4) is 0 Å². The van der Waals surface area contributed by atoms with Crippen LogP contribution < -0.4 is 5.32 Å². The molecule has 0 saturated carbocycles. The summed E-state index contributed by atoms with van der Waals surface area (Å²) in [6.45, 7) is 3.86. The molecule has 3 aromatic carbocycles. The van der Waals surface area contributed by atoms with Gasteiger partial charge >= 0.3 is 0 Å². The van der Waals surface area contributed by atoms with Crippen LogP contribution in [0.3, 0.4) is 0 Å². The van der Waals surface area contributed by atoms with Crippen LogP contribution in [-0.4, -0.2) is 21.1 Å². The monoisotopic (exact) mass is 525 g/mol. The Kier molecular flexibility index (Phi) is 8.45. The van der Waals surface area contributed by atoms with Gasteiger partial charge in [-0.3, -0.25) is 0 Å². The Morgan fingerprint density at radius 2 is 1.77 bits per heavy atom. The fraction of sp³-hybridized carbons (Fsp3) is 0.179. The van der Waals surface area contributed by atoms with Gasteiger partial charge in [-0.05, 0) is 78.7 Å². The van der Waals surface area contributed by atoms with Gasteiger partial charge < -0.3 is 14.8 Å². The van der Waals surface area contributed by atoms with Gasteiger partial charge in [0.25, 0.3) is 0 Å². The molecule has 0 spiro atoms. The maximum atomic E-state index is 13.5. The number of nitrogens with zero attached hydrogens (tertiary/aromatic N) is 2. The van der Waals surface area contributed by atoms with Crippen LogP contribution in [0.4, 0.5) is 10.1 Å². The summed E-state index contributed by atoms with van der Waals surface area (Å²) in [7, 11) is 0. The van der Waals surface area contributed by atoms with Crippen LogP contribution in [0, 0.1) is 12.7 Å². The van der Waals surface area contributed by atoms with Crippen LogP contribution in [-0.2, 0) is 19.5 Å². The second-order valence-electron chi connectivity index (χ2n) is 8.43. The Balaban J connectivity index is 1.54. The molecule has 0 amide bonds. The molecule has 4 rings (SSSR count).